The SMILES string of the molecule is CCC(C)(CNC(=O)CCN(CCNCCN(CCC(=O)NCC(C)(C)CC(C)(C)C)CCN(CCC(=O)NCC(C)(C)CC(C)(C)C)CCC(=O)NCC(C)(C)CC(C)(C)C)CCC(=O)NCC(C)(C)CC(C)(C)C)CC(C)(C)C. The lowest BCUT2D eigenvalue weighted by Crippen LogP contribution is -2.44. The molecule has 0 bridgehead atoms. The van der Waals surface area contributed by atoms with Crippen molar-refractivity contribution in [3.63, 3.8) is 0 Å². The van der Waals surface area contributed by atoms with Gasteiger partial charge < -0.3 is 46.6 Å². The fourth-order valence-electron chi connectivity index (χ4n) is 12.9. The van der Waals surface area contributed by atoms with Gasteiger partial charge in [0.15, 0.2) is 0 Å². The Morgan fingerprint density at radius 1 is 0.284 bits per heavy atom. The van der Waals surface area contributed by atoms with Gasteiger partial charge >= 0.3 is 0 Å². The Balaban J connectivity index is 6.40. The Bertz CT molecular complexity index is 1800. The normalized spacial score (nSPS) is 14.3. The topological polar surface area (TPSA) is 167 Å². The molecule has 0 aromatic carbocycles. The molecule has 0 saturated carbocycles. The van der Waals surface area contributed by atoms with Crippen molar-refractivity contribution in [3.05, 3.63) is 0 Å². The summed E-state index contributed by atoms with van der Waals surface area (Å²) in [4.78, 5) is 73.9. The van der Waals surface area contributed by atoms with E-state index in [-0.39, 0.29) is 83.7 Å². The first kappa shape index (κ1) is 78.2. The van der Waals surface area contributed by atoms with Crippen molar-refractivity contribution in [1.29, 1.82) is 0 Å². The van der Waals surface area contributed by atoms with Crippen LogP contribution in [0.15, 0.2) is 0 Å². The van der Waals surface area contributed by atoms with Crippen LogP contribution in [0.2, 0.25) is 0 Å². The quantitative estimate of drug-likeness (QED) is 0.0327. The molecular formula is C67H135N9O5. The highest BCUT2D eigenvalue weighted by Crippen LogP contribution is 2.37. The van der Waals surface area contributed by atoms with E-state index in [1.807, 2.05) is 0 Å². The van der Waals surface area contributed by atoms with Crippen molar-refractivity contribution >= 4 is 29.5 Å². The number of nitrogens with one attached hydrogen (secondary N) is 6. The third-order valence-electron chi connectivity index (χ3n) is 14.8. The van der Waals surface area contributed by atoms with Crippen LogP contribution in [0.4, 0.5) is 0 Å². The second kappa shape index (κ2) is 34.4. The summed E-state index contributed by atoms with van der Waals surface area (Å²) in [5, 5.41) is 19.8. The van der Waals surface area contributed by atoms with Crippen molar-refractivity contribution < 1.29 is 24.0 Å². The number of amides is 5. The molecule has 81 heavy (non-hydrogen) atoms. The molecule has 478 valence electrons. The molecule has 0 radical (unpaired) electrons. The summed E-state index contributed by atoms with van der Waals surface area (Å²) in [5.74, 6) is 0.0941. The highest BCUT2D eigenvalue weighted by molar-refractivity contribution is 5.78. The molecule has 0 heterocycles. The smallest absolute Gasteiger partial charge is 0.221 e. The summed E-state index contributed by atoms with van der Waals surface area (Å²) in [6.07, 6.45) is 7.63. The Kier molecular flexibility index (Phi) is 33.2. The largest absolute Gasteiger partial charge is 0.356 e. The molecule has 0 spiro atoms. The van der Waals surface area contributed by atoms with E-state index in [1.54, 1.807) is 0 Å². The van der Waals surface area contributed by atoms with Gasteiger partial charge in [-0.05, 0) is 92.7 Å². The zero-order chi connectivity index (χ0) is 63.0. The highest BCUT2D eigenvalue weighted by Gasteiger charge is 2.31. The molecule has 1 atom stereocenters. The molecule has 0 aliphatic heterocycles. The predicted octanol–water partition coefficient (Wildman–Crippen LogP) is 11.7. The molecule has 0 rings (SSSR count). The third kappa shape index (κ3) is 45.3. The molecule has 14 nitrogen and oxygen atoms in total. The van der Waals surface area contributed by atoms with Gasteiger partial charge in [0.05, 0.1) is 0 Å². The van der Waals surface area contributed by atoms with E-state index in [0.29, 0.717) is 137 Å². The molecule has 5 amide bonds. The lowest BCUT2D eigenvalue weighted by molar-refractivity contribution is -0.123. The molecule has 0 fully saturated rings. The van der Waals surface area contributed by atoms with Crippen LogP contribution in [-0.2, 0) is 24.0 Å². The zero-order valence-corrected chi connectivity index (χ0v) is 58.0. The maximum absolute atomic E-state index is 13.5. The fourth-order valence-corrected chi connectivity index (χ4v) is 12.9. The van der Waals surface area contributed by atoms with Gasteiger partial charge in [-0.3, -0.25) is 24.0 Å². The van der Waals surface area contributed by atoms with E-state index in [2.05, 4.69) is 220 Å². The summed E-state index contributed by atoms with van der Waals surface area (Å²) in [6, 6.07) is 0. The van der Waals surface area contributed by atoms with E-state index in [1.165, 1.54) is 0 Å². The maximum atomic E-state index is 13.5. The summed E-state index contributed by atoms with van der Waals surface area (Å²) < 4.78 is 0. The summed E-state index contributed by atoms with van der Waals surface area (Å²) in [7, 11) is 0. The number of hydrogen-bond acceptors (Lipinski definition) is 9. The molecule has 14 heteroatoms. The van der Waals surface area contributed by atoms with Crippen LogP contribution < -0.4 is 31.9 Å². The lowest BCUT2D eigenvalue weighted by Gasteiger charge is -2.35. The number of hydrogen-bond donors (Lipinski definition) is 6. The zero-order valence-electron chi connectivity index (χ0n) is 58.0. The number of carbonyl (C=O) groups is 5. The standard InChI is InChI=1S/C67H135N9O5/c1-26-67(25,47-62(14,15)16)52-73-57(81)28-35-74(34-27-53(77)69-48-63(17,18)43-58(2,3)4)39-32-68-33-40-76(38-31-56(80)72-51-66(23,24)46-61(11,12)13)42-41-75(36-29-54(78)70-49-64(19,20)44-59(5,6)7)37-30-55(79)71-50-65(21,22)45-60(8,9)10/h68H,26-52H2,1-25H3,(H,69,77)(H,70,78)(H,71,79)(H,72,80)(H,73,81). The highest BCUT2D eigenvalue weighted by atomic mass is 16.2. The molecule has 0 saturated heterocycles. The molecule has 6 N–H and O–H groups in total. The lowest BCUT2D eigenvalue weighted by atomic mass is 9.73. The van der Waals surface area contributed by atoms with E-state index in [0.717, 1.165) is 38.5 Å². The minimum absolute atomic E-state index is 0.00778. The molecule has 0 aliphatic rings. The first-order chi connectivity index (χ1) is 36.5. The Morgan fingerprint density at radius 3 is 0.716 bits per heavy atom. The summed E-state index contributed by atoms with van der Waals surface area (Å²) >= 11 is 0. The van der Waals surface area contributed by atoms with Crippen LogP contribution in [0.25, 0.3) is 0 Å². The van der Waals surface area contributed by atoms with Crippen molar-refractivity contribution in [2.24, 2.45) is 54.1 Å². The Labute approximate surface area is 500 Å². The predicted molar refractivity (Wildman–Crippen MR) is 344 cm³/mol. The first-order valence-electron chi connectivity index (χ1n) is 31.7. The van der Waals surface area contributed by atoms with Gasteiger partial charge in [0.2, 0.25) is 29.5 Å². The van der Waals surface area contributed by atoms with Crippen LogP contribution >= 0.6 is 0 Å². The first-order valence-corrected chi connectivity index (χ1v) is 31.7. The minimum atomic E-state index is -0.0485. The third-order valence-corrected chi connectivity index (χ3v) is 14.8. The van der Waals surface area contributed by atoms with E-state index in [9.17, 15) is 24.0 Å². The van der Waals surface area contributed by atoms with Gasteiger partial charge in [-0.15, -0.1) is 0 Å². The minimum Gasteiger partial charge on any atom is -0.356 e. The van der Waals surface area contributed by atoms with Crippen LogP contribution in [-0.4, -0.2) is 149 Å². The maximum Gasteiger partial charge on any atom is 0.221 e. The Hall–Kier alpha value is -2.81. The van der Waals surface area contributed by atoms with Gasteiger partial charge in [0.25, 0.3) is 0 Å². The van der Waals surface area contributed by atoms with Gasteiger partial charge in [0, 0.05) is 137 Å². The molecule has 1 unspecified atom stereocenters. The monoisotopic (exact) mass is 1150 g/mol. The van der Waals surface area contributed by atoms with Crippen LogP contribution in [0.3, 0.4) is 0 Å². The van der Waals surface area contributed by atoms with Gasteiger partial charge in [0.1, 0.15) is 0 Å². The second-order valence-corrected chi connectivity index (χ2v) is 34.4. The average molecular weight is 1150 g/mol. The van der Waals surface area contributed by atoms with Crippen LogP contribution in [0.1, 0.15) is 244 Å². The molecule has 0 aromatic heterocycles. The number of carbonyl (C=O) groups excluding carboxylic acids is 5. The van der Waals surface area contributed by atoms with Crippen LogP contribution in [0.5, 0.6) is 0 Å². The van der Waals surface area contributed by atoms with Crippen molar-refractivity contribution in [2.75, 3.05) is 105 Å². The van der Waals surface area contributed by atoms with E-state index >= 15 is 0 Å². The van der Waals surface area contributed by atoms with Gasteiger partial charge in [-0.1, -0.05) is 173 Å². The van der Waals surface area contributed by atoms with E-state index in [4.69, 9.17) is 0 Å². The van der Waals surface area contributed by atoms with Gasteiger partial charge in [-0.2, -0.15) is 0 Å². The molecule has 0 aliphatic carbocycles. The molecule has 0 aromatic rings. The number of rotatable bonds is 40. The fraction of sp³-hybridized carbons (Fsp3) is 0.925. The Morgan fingerprint density at radius 2 is 0.494 bits per heavy atom. The summed E-state index contributed by atoms with van der Waals surface area (Å²) in [6.45, 7) is 65.3. The summed E-state index contributed by atoms with van der Waals surface area (Å²) in [5.41, 5.74) is 0.568. The van der Waals surface area contributed by atoms with Crippen molar-refractivity contribution in [1.82, 2.24) is 46.6 Å². The molecular weight excluding hydrogens is 1010 g/mol. The second-order valence-electron chi connectivity index (χ2n) is 34.4. The van der Waals surface area contributed by atoms with Gasteiger partial charge in [-0.25, -0.2) is 0 Å². The van der Waals surface area contributed by atoms with Crippen molar-refractivity contribution in [3.8, 4) is 0 Å². The van der Waals surface area contributed by atoms with E-state index < -0.39 is 0 Å². The van der Waals surface area contributed by atoms with Crippen molar-refractivity contribution in [2.45, 2.75) is 244 Å². The average Bonchev–Trinajstić information content (AvgIpc) is 3.26. The van der Waals surface area contributed by atoms with Crippen LogP contribution in [0, 0.1) is 54.1 Å². The number of nitrogens with zero attached hydrogens (tertiary/aromatic N) is 3.